The van der Waals surface area contributed by atoms with Gasteiger partial charge in [0, 0.05) is 24.0 Å². The van der Waals surface area contributed by atoms with E-state index < -0.39 is 0 Å². The molecule has 0 unspecified atom stereocenters. The Morgan fingerprint density at radius 2 is 0.967 bits per heavy atom. The lowest BCUT2D eigenvalue weighted by Gasteiger charge is -2.07. The molecule has 0 amide bonds. The third-order valence-corrected chi connectivity index (χ3v) is 4.94. The predicted octanol–water partition coefficient (Wildman–Crippen LogP) is 6.67. The zero-order chi connectivity index (χ0) is 21.6. The summed E-state index contributed by atoms with van der Waals surface area (Å²) in [5.41, 5.74) is 1.39. The van der Waals surface area contributed by atoms with Crippen LogP contribution in [0, 0.1) is 0 Å². The minimum Gasteiger partial charge on any atom is -0.494 e. The molecular formula is C26H34O4. The number of Topliss-reactive ketones (excluding diaryl/α,β-unsaturated/α-hetero) is 2. The smallest absolute Gasteiger partial charge is 0.162 e. The van der Waals surface area contributed by atoms with Gasteiger partial charge in [0.15, 0.2) is 11.6 Å². The summed E-state index contributed by atoms with van der Waals surface area (Å²) in [5.74, 6) is 1.81. The van der Waals surface area contributed by atoms with Crippen LogP contribution < -0.4 is 9.47 Å². The van der Waals surface area contributed by atoms with Gasteiger partial charge in [-0.1, -0.05) is 26.7 Å². The summed E-state index contributed by atoms with van der Waals surface area (Å²) in [6, 6.07) is 14.7. The Kier molecular flexibility index (Phi) is 10.7. The zero-order valence-electron chi connectivity index (χ0n) is 18.3. The van der Waals surface area contributed by atoms with E-state index in [1.54, 1.807) is 0 Å². The van der Waals surface area contributed by atoms with Crippen LogP contribution in [-0.2, 0) is 0 Å². The van der Waals surface area contributed by atoms with Crippen LogP contribution in [0.5, 0.6) is 11.5 Å². The first-order valence-corrected chi connectivity index (χ1v) is 11.2. The number of carbonyl (C=O) groups excluding carboxylic acids is 2. The van der Waals surface area contributed by atoms with Gasteiger partial charge in [-0.3, -0.25) is 9.59 Å². The first-order chi connectivity index (χ1) is 14.6. The lowest BCUT2D eigenvalue weighted by atomic mass is 10.0. The molecule has 0 spiro atoms. The highest BCUT2D eigenvalue weighted by atomic mass is 16.5. The minimum absolute atomic E-state index is 0.108. The third kappa shape index (κ3) is 8.40. The van der Waals surface area contributed by atoms with Crippen molar-refractivity contribution in [1.29, 1.82) is 0 Å². The lowest BCUT2D eigenvalue weighted by Crippen LogP contribution is -2.02. The third-order valence-electron chi connectivity index (χ3n) is 4.94. The van der Waals surface area contributed by atoms with Crippen molar-refractivity contribution in [2.24, 2.45) is 0 Å². The molecule has 0 aromatic heterocycles. The van der Waals surface area contributed by atoms with Crippen molar-refractivity contribution in [3.8, 4) is 11.5 Å². The fraction of sp³-hybridized carbons (Fsp3) is 0.462. The summed E-state index contributed by atoms with van der Waals surface area (Å²) in [4.78, 5) is 24.7. The van der Waals surface area contributed by atoms with Gasteiger partial charge < -0.3 is 9.47 Å². The Labute approximate surface area is 180 Å². The molecule has 4 heteroatoms. The Morgan fingerprint density at radius 1 is 0.600 bits per heavy atom. The summed E-state index contributed by atoms with van der Waals surface area (Å²) in [7, 11) is 0. The van der Waals surface area contributed by atoms with Crippen LogP contribution in [0.2, 0.25) is 0 Å². The molecule has 30 heavy (non-hydrogen) atoms. The van der Waals surface area contributed by atoms with Gasteiger partial charge in [-0.25, -0.2) is 0 Å². The van der Waals surface area contributed by atoms with E-state index in [9.17, 15) is 9.59 Å². The molecule has 162 valence electrons. The monoisotopic (exact) mass is 410 g/mol. The Balaban J connectivity index is 1.68. The van der Waals surface area contributed by atoms with Crippen molar-refractivity contribution in [3.05, 3.63) is 59.7 Å². The van der Waals surface area contributed by atoms with Crippen LogP contribution in [0.3, 0.4) is 0 Å². The molecule has 0 heterocycles. The Hall–Kier alpha value is -2.62. The molecule has 0 radical (unpaired) electrons. The van der Waals surface area contributed by atoms with Gasteiger partial charge in [-0.2, -0.15) is 0 Å². The average molecular weight is 411 g/mol. The standard InChI is InChI=1S/C26H34O4/c1-3-5-19-29-23-15-11-21(12-16-23)25(27)9-7-8-10-26(28)22-13-17-24(18-14-22)30-20-6-4-2/h11-18H,3-10,19-20H2,1-2H3. The number of ether oxygens (including phenoxy) is 2. The Bertz CT molecular complexity index is 695. The predicted molar refractivity (Wildman–Crippen MR) is 121 cm³/mol. The normalized spacial score (nSPS) is 10.6. The van der Waals surface area contributed by atoms with Gasteiger partial charge >= 0.3 is 0 Å². The molecule has 0 saturated carbocycles. The summed E-state index contributed by atoms with van der Waals surface area (Å²) in [6.45, 7) is 5.65. The molecule has 2 rings (SSSR count). The number of unbranched alkanes of at least 4 members (excludes halogenated alkanes) is 3. The number of carbonyl (C=O) groups is 2. The number of hydrogen-bond acceptors (Lipinski definition) is 4. The van der Waals surface area contributed by atoms with Gasteiger partial charge in [-0.05, 0) is 74.2 Å². The van der Waals surface area contributed by atoms with Crippen molar-refractivity contribution in [2.45, 2.75) is 65.2 Å². The molecule has 0 aliphatic carbocycles. The van der Waals surface area contributed by atoms with E-state index in [2.05, 4.69) is 13.8 Å². The number of rotatable bonds is 15. The molecule has 0 aliphatic rings. The van der Waals surface area contributed by atoms with Gasteiger partial charge in [0.05, 0.1) is 13.2 Å². The van der Waals surface area contributed by atoms with Gasteiger partial charge in [0.25, 0.3) is 0 Å². The van der Waals surface area contributed by atoms with Crippen LogP contribution >= 0.6 is 0 Å². The topological polar surface area (TPSA) is 52.6 Å². The zero-order valence-corrected chi connectivity index (χ0v) is 18.3. The van der Waals surface area contributed by atoms with Gasteiger partial charge in [-0.15, -0.1) is 0 Å². The van der Waals surface area contributed by atoms with Gasteiger partial charge in [0.1, 0.15) is 11.5 Å². The van der Waals surface area contributed by atoms with E-state index in [4.69, 9.17) is 9.47 Å². The highest BCUT2D eigenvalue weighted by Crippen LogP contribution is 2.17. The van der Waals surface area contributed by atoms with Gasteiger partial charge in [0.2, 0.25) is 0 Å². The summed E-state index contributed by atoms with van der Waals surface area (Å²) in [5, 5.41) is 0. The second kappa shape index (κ2) is 13.6. The average Bonchev–Trinajstić information content (AvgIpc) is 2.77. The quantitative estimate of drug-likeness (QED) is 0.243. The highest BCUT2D eigenvalue weighted by molar-refractivity contribution is 5.97. The molecule has 0 bridgehead atoms. The molecule has 0 fully saturated rings. The molecule has 0 aliphatic heterocycles. The highest BCUT2D eigenvalue weighted by Gasteiger charge is 2.09. The van der Waals surface area contributed by atoms with Crippen LogP contribution in [0.1, 0.15) is 85.9 Å². The van der Waals surface area contributed by atoms with E-state index in [1.807, 2.05) is 48.5 Å². The van der Waals surface area contributed by atoms with E-state index in [-0.39, 0.29) is 11.6 Å². The van der Waals surface area contributed by atoms with Crippen LogP contribution in [0.15, 0.2) is 48.5 Å². The maximum absolute atomic E-state index is 12.3. The molecular weight excluding hydrogens is 376 g/mol. The van der Waals surface area contributed by atoms with Crippen molar-refractivity contribution in [2.75, 3.05) is 13.2 Å². The Morgan fingerprint density at radius 3 is 1.30 bits per heavy atom. The van der Waals surface area contributed by atoms with E-state index >= 15 is 0 Å². The molecule has 2 aromatic rings. The van der Waals surface area contributed by atoms with E-state index in [0.717, 1.165) is 37.2 Å². The maximum Gasteiger partial charge on any atom is 0.162 e. The molecule has 2 aromatic carbocycles. The fourth-order valence-corrected chi connectivity index (χ4v) is 3.00. The van der Waals surface area contributed by atoms with E-state index in [1.165, 1.54) is 0 Å². The van der Waals surface area contributed by atoms with Crippen LogP contribution in [0.25, 0.3) is 0 Å². The van der Waals surface area contributed by atoms with Crippen molar-refractivity contribution in [1.82, 2.24) is 0 Å². The number of benzene rings is 2. The van der Waals surface area contributed by atoms with Crippen molar-refractivity contribution < 1.29 is 19.1 Å². The number of hydrogen-bond donors (Lipinski definition) is 0. The second-order valence-electron chi connectivity index (χ2n) is 7.51. The summed E-state index contributed by atoms with van der Waals surface area (Å²) >= 11 is 0. The van der Waals surface area contributed by atoms with Crippen LogP contribution in [-0.4, -0.2) is 24.8 Å². The first kappa shape index (κ1) is 23.7. The summed E-state index contributed by atoms with van der Waals surface area (Å²) in [6.07, 6.45) is 6.55. The van der Waals surface area contributed by atoms with Crippen LogP contribution in [0.4, 0.5) is 0 Å². The lowest BCUT2D eigenvalue weighted by molar-refractivity contribution is 0.0954. The largest absolute Gasteiger partial charge is 0.494 e. The van der Waals surface area contributed by atoms with Crippen molar-refractivity contribution >= 4 is 11.6 Å². The minimum atomic E-state index is 0.108. The first-order valence-electron chi connectivity index (χ1n) is 11.2. The second-order valence-corrected chi connectivity index (χ2v) is 7.51. The summed E-state index contributed by atoms with van der Waals surface area (Å²) < 4.78 is 11.2. The molecule has 0 N–H and O–H groups in total. The SMILES string of the molecule is CCCCOc1ccc(C(=O)CCCCC(=O)c2ccc(OCCCC)cc2)cc1. The molecule has 0 saturated heterocycles. The van der Waals surface area contributed by atoms with E-state index in [0.29, 0.717) is 50.0 Å². The fourth-order valence-electron chi connectivity index (χ4n) is 3.00. The number of ketones is 2. The molecule has 0 atom stereocenters. The van der Waals surface area contributed by atoms with Crippen molar-refractivity contribution in [3.63, 3.8) is 0 Å². The maximum atomic E-state index is 12.3. The molecule has 4 nitrogen and oxygen atoms in total.